The van der Waals surface area contributed by atoms with Crippen molar-refractivity contribution in [3.63, 3.8) is 0 Å². The van der Waals surface area contributed by atoms with E-state index in [1.807, 2.05) is 13.8 Å². The average molecular weight is 297 g/mol. The van der Waals surface area contributed by atoms with E-state index < -0.39 is 15.7 Å². The molecule has 0 amide bonds. The maximum atomic E-state index is 13.7. The summed E-state index contributed by atoms with van der Waals surface area (Å²) in [7, 11) is -2.00. The zero-order valence-corrected chi connectivity index (χ0v) is 12.4. The summed E-state index contributed by atoms with van der Waals surface area (Å²) in [6.45, 7) is 3.62. The molecule has 0 aliphatic carbocycles. The number of nitrogens with zero attached hydrogens (tertiary/aromatic N) is 3. The quantitative estimate of drug-likeness (QED) is 0.866. The van der Waals surface area contributed by atoms with Crippen molar-refractivity contribution in [1.29, 1.82) is 0 Å². The molecule has 2 aromatic rings. The van der Waals surface area contributed by atoms with Crippen LogP contribution in [-0.2, 0) is 16.9 Å². The molecule has 0 saturated carbocycles. The Kier molecular flexibility index (Phi) is 3.89. The van der Waals surface area contributed by atoms with E-state index in [0.29, 0.717) is 0 Å². The first-order chi connectivity index (χ1) is 9.33. The summed E-state index contributed by atoms with van der Waals surface area (Å²) in [5, 5.41) is 7.40. The lowest BCUT2D eigenvalue weighted by Crippen LogP contribution is -2.16. The van der Waals surface area contributed by atoms with Crippen LogP contribution in [0.3, 0.4) is 0 Å². The van der Waals surface area contributed by atoms with Crippen molar-refractivity contribution in [3.05, 3.63) is 30.1 Å². The van der Waals surface area contributed by atoms with E-state index in [0.717, 1.165) is 0 Å². The first kappa shape index (κ1) is 14.6. The van der Waals surface area contributed by atoms with Crippen LogP contribution in [0, 0.1) is 11.7 Å². The second-order valence-electron chi connectivity index (χ2n) is 5.02. The van der Waals surface area contributed by atoms with E-state index in [1.165, 1.54) is 23.7 Å². The van der Waals surface area contributed by atoms with Crippen LogP contribution in [0.15, 0.2) is 29.4 Å². The van der Waals surface area contributed by atoms with E-state index in [2.05, 4.69) is 10.2 Å². The Labute approximate surface area is 117 Å². The lowest BCUT2D eigenvalue weighted by Gasteiger charge is -2.07. The molecule has 2 rings (SSSR count). The van der Waals surface area contributed by atoms with Gasteiger partial charge in [-0.2, -0.15) is 0 Å². The van der Waals surface area contributed by atoms with Crippen LogP contribution in [0.25, 0.3) is 11.4 Å². The summed E-state index contributed by atoms with van der Waals surface area (Å²) in [6, 6.07) is 6.06. The average Bonchev–Trinajstić information content (AvgIpc) is 2.71. The fourth-order valence-electron chi connectivity index (χ4n) is 1.98. The standard InChI is InChI=1S/C13H16FN3O2S/c1-9(2)8-20(18,19)13-16-15-12(17(13)3)10-6-4-5-7-11(10)14/h4-7,9H,8H2,1-3H3. The Hall–Kier alpha value is -1.76. The molecule has 20 heavy (non-hydrogen) atoms. The van der Waals surface area contributed by atoms with Gasteiger partial charge in [-0.25, -0.2) is 12.8 Å². The van der Waals surface area contributed by atoms with Crippen LogP contribution in [-0.4, -0.2) is 28.9 Å². The maximum Gasteiger partial charge on any atom is 0.249 e. The van der Waals surface area contributed by atoms with E-state index in [1.54, 1.807) is 12.1 Å². The third-order valence-corrected chi connectivity index (χ3v) is 4.80. The van der Waals surface area contributed by atoms with Gasteiger partial charge in [0.05, 0.1) is 11.3 Å². The Morgan fingerprint density at radius 3 is 2.50 bits per heavy atom. The molecule has 0 radical (unpaired) electrons. The summed E-state index contributed by atoms with van der Waals surface area (Å²) in [5.41, 5.74) is 0.230. The zero-order chi connectivity index (χ0) is 14.9. The summed E-state index contributed by atoms with van der Waals surface area (Å²) >= 11 is 0. The highest BCUT2D eigenvalue weighted by atomic mass is 32.2. The number of halogens is 1. The topological polar surface area (TPSA) is 64.8 Å². The molecule has 0 unspecified atom stereocenters. The monoisotopic (exact) mass is 297 g/mol. The van der Waals surface area contributed by atoms with Gasteiger partial charge < -0.3 is 4.57 Å². The second-order valence-corrected chi connectivity index (χ2v) is 6.95. The molecule has 0 bridgehead atoms. The molecule has 1 heterocycles. The minimum absolute atomic E-state index is 0.0176. The smallest absolute Gasteiger partial charge is 0.249 e. The van der Waals surface area contributed by atoms with Crippen molar-refractivity contribution in [1.82, 2.24) is 14.8 Å². The molecule has 0 aliphatic heterocycles. The summed E-state index contributed by atoms with van der Waals surface area (Å²) in [4.78, 5) is 0. The van der Waals surface area contributed by atoms with Gasteiger partial charge in [0, 0.05) is 7.05 Å². The molecule has 1 aromatic heterocycles. The third kappa shape index (κ3) is 2.72. The van der Waals surface area contributed by atoms with Crippen molar-refractivity contribution in [2.45, 2.75) is 19.0 Å². The van der Waals surface area contributed by atoms with Gasteiger partial charge >= 0.3 is 0 Å². The van der Waals surface area contributed by atoms with Gasteiger partial charge in [0.25, 0.3) is 0 Å². The molecule has 0 fully saturated rings. The normalized spacial score (nSPS) is 12.1. The molecule has 0 spiro atoms. The number of hydrogen-bond donors (Lipinski definition) is 0. The molecule has 5 nitrogen and oxygen atoms in total. The maximum absolute atomic E-state index is 13.7. The summed E-state index contributed by atoms with van der Waals surface area (Å²) in [5.74, 6) is -0.300. The highest BCUT2D eigenvalue weighted by Gasteiger charge is 2.25. The summed E-state index contributed by atoms with van der Waals surface area (Å²) < 4.78 is 39.4. The van der Waals surface area contributed by atoms with E-state index in [4.69, 9.17) is 0 Å². The van der Waals surface area contributed by atoms with Crippen LogP contribution in [0.1, 0.15) is 13.8 Å². The number of benzene rings is 1. The predicted molar refractivity (Wildman–Crippen MR) is 73.3 cm³/mol. The molecular formula is C13H16FN3O2S. The predicted octanol–water partition coefficient (Wildman–Crippen LogP) is 2.05. The van der Waals surface area contributed by atoms with E-state index in [9.17, 15) is 12.8 Å². The van der Waals surface area contributed by atoms with Gasteiger partial charge in [0.15, 0.2) is 5.82 Å². The molecule has 0 N–H and O–H groups in total. The Bertz CT molecular complexity index is 723. The molecule has 0 saturated heterocycles. The van der Waals surface area contributed by atoms with Gasteiger partial charge in [-0.1, -0.05) is 26.0 Å². The Morgan fingerprint density at radius 2 is 1.90 bits per heavy atom. The number of rotatable bonds is 4. The first-order valence-corrected chi connectivity index (χ1v) is 7.85. The number of sulfone groups is 1. The number of aromatic nitrogens is 3. The Morgan fingerprint density at radius 1 is 1.25 bits per heavy atom. The van der Waals surface area contributed by atoms with Crippen molar-refractivity contribution in [2.75, 3.05) is 5.75 Å². The van der Waals surface area contributed by atoms with E-state index >= 15 is 0 Å². The fourth-order valence-corrected chi connectivity index (χ4v) is 3.67. The van der Waals surface area contributed by atoms with Gasteiger partial charge in [0.1, 0.15) is 5.82 Å². The SMILES string of the molecule is CC(C)CS(=O)(=O)c1nnc(-c2ccccc2F)n1C. The lowest BCUT2D eigenvalue weighted by atomic mass is 10.2. The van der Waals surface area contributed by atoms with Gasteiger partial charge in [-0.05, 0) is 18.1 Å². The van der Waals surface area contributed by atoms with Crippen LogP contribution < -0.4 is 0 Å². The molecular weight excluding hydrogens is 281 g/mol. The van der Waals surface area contributed by atoms with Crippen molar-refractivity contribution in [3.8, 4) is 11.4 Å². The van der Waals surface area contributed by atoms with E-state index in [-0.39, 0.29) is 28.2 Å². The first-order valence-electron chi connectivity index (χ1n) is 6.20. The third-order valence-electron chi connectivity index (χ3n) is 2.78. The highest BCUT2D eigenvalue weighted by molar-refractivity contribution is 7.91. The van der Waals surface area contributed by atoms with Crippen LogP contribution in [0.4, 0.5) is 4.39 Å². The summed E-state index contributed by atoms with van der Waals surface area (Å²) in [6.07, 6.45) is 0. The minimum atomic E-state index is -3.52. The van der Waals surface area contributed by atoms with Crippen LogP contribution in [0.2, 0.25) is 0 Å². The van der Waals surface area contributed by atoms with Gasteiger partial charge in [-0.15, -0.1) is 10.2 Å². The highest BCUT2D eigenvalue weighted by Crippen LogP contribution is 2.22. The molecule has 0 atom stereocenters. The number of hydrogen-bond acceptors (Lipinski definition) is 4. The lowest BCUT2D eigenvalue weighted by molar-refractivity contribution is 0.565. The molecule has 108 valence electrons. The fraction of sp³-hybridized carbons (Fsp3) is 0.385. The molecule has 7 heteroatoms. The van der Waals surface area contributed by atoms with Gasteiger partial charge in [-0.3, -0.25) is 0 Å². The molecule has 1 aromatic carbocycles. The van der Waals surface area contributed by atoms with Crippen molar-refractivity contribution < 1.29 is 12.8 Å². The van der Waals surface area contributed by atoms with Crippen LogP contribution in [0.5, 0.6) is 0 Å². The van der Waals surface area contributed by atoms with Crippen molar-refractivity contribution >= 4 is 9.84 Å². The zero-order valence-electron chi connectivity index (χ0n) is 11.5. The van der Waals surface area contributed by atoms with Crippen LogP contribution >= 0.6 is 0 Å². The van der Waals surface area contributed by atoms with Crippen molar-refractivity contribution in [2.24, 2.45) is 13.0 Å². The second kappa shape index (κ2) is 5.32. The van der Waals surface area contributed by atoms with Gasteiger partial charge in [0.2, 0.25) is 15.0 Å². The molecule has 0 aliphatic rings. The minimum Gasteiger partial charge on any atom is -0.301 e. The largest absolute Gasteiger partial charge is 0.301 e. The Balaban J connectivity index is 2.50.